The fraction of sp³-hybridized carbons (Fsp3) is 0.0172. The standard InChI is InChI=1S/C58H35N3/c1-2-14-36(15-3-1)37-26-28-38(29-27-37)55-45-20-8-13-25-54(45)60-57(61-55)40-32-30-39(31-33-40)56-48-34-47-43-18-6-11-23-51(43)58(52(47)35-46(48)44-19-7-12-24-53(44)59-56)49-21-9-4-16-41(49)42-17-5-10-22-50(42)58/h1-35H. The van der Waals surface area contributed by atoms with E-state index in [9.17, 15) is 0 Å². The first-order valence-corrected chi connectivity index (χ1v) is 20.9. The average molecular weight is 774 g/mol. The Kier molecular flexibility index (Phi) is 7.22. The zero-order chi connectivity index (χ0) is 40.1. The van der Waals surface area contributed by atoms with E-state index in [0.29, 0.717) is 5.82 Å². The van der Waals surface area contributed by atoms with E-state index in [0.717, 1.165) is 55.3 Å². The summed E-state index contributed by atoms with van der Waals surface area (Å²) < 4.78 is 0. The number of hydrogen-bond donors (Lipinski definition) is 0. The van der Waals surface area contributed by atoms with Crippen LogP contribution in [0.2, 0.25) is 0 Å². The van der Waals surface area contributed by atoms with Crippen molar-refractivity contribution in [1.29, 1.82) is 0 Å². The minimum atomic E-state index is -0.415. The molecule has 61 heavy (non-hydrogen) atoms. The second-order valence-electron chi connectivity index (χ2n) is 16.2. The molecule has 2 aliphatic carbocycles. The van der Waals surface area contributed by atoms with Gasteiger partial charge in [-0.15, -0.1) is 0 Å². The van der Waals surface area contributed by atoms with Gasteiger partial charge in [0.2, 0.25) is 0 Å². The average Bonchev–Trinajstić information content (AvgIpc) is 3.80. The summed E-state index contributed by atoms with van der Waals surface area (Å²) in [6, 6.07) is 76.6. The molecule has 0 saturated carbocycles. The molecular weight excluding hydrogens is 739 g/mol. The van der Waals surface area contributed by atoms with Crippen LogP contribution in [0.3, 0.4) is 0 Å². The maximum absolute atomic E-state index is 5.41. The second kappa shape index (κ2) is 13.0. The van der Waals surface area contributed by atoms with Crippen LogP contribution in [0.15, 0.2) is 212 Å². The Balaban J connectivity index is 0.974. The molecule has 2 aromatic heterocycles. The Hall–Kier alpha value is -8.01. The Morgan fingerprint density at radius 1 is 0.262 bits per heavy atom. The minimum Gasteiger partial charge on any atom is -0.247 e. The van der Waals surface area contributed by atoms with Crippen LogP contribution < -0.4 is 0 Å². The van der Waals surface area contributed by atoms with Gasteiger partial charge >= 0.3 is 0 Å². The van der Waals surface area contributed by atoms with Gasteiger partial charge in [0.05, 0.1) is 27.8 Å². The fourth-order valence-electron chi connectivity index (χ4n) is 10.4. The molecule has 0 fully saturated rings. The molecule has 0 aliphatic heterocycles. The minimum absolute atomic E-state index is 0.415. The lowest BCUT2D eigenvalue weighted by atomic mass is 9.70. The molecule has 13 rings (SSSR count). The highest BCUT2D eigenvalue weighted by Crippen LogP contribution is 2.63. The number of para-hydroxylation sites is 2. The molecule has 3 heteroatoms. The van der Waals surface area contributed by atoms with E-state index in [2.05, 4.69) is 200 Å². The predicted octanol–water partition coefficient (Wildman–Crippen LogP) is 14.3. The van der Waals surface area contributed by atoms with E-state index in [1.54, 1.807) is 0 Å². The van der Waals surface area contributed by atoms with Gasteiger partial charge in [-0.25, -0.2) is 15.0 Å². The zero-order valence-corrected chi connectivity index (χ0v) is 33.0. The number of nitrogens with zero attached hydrogens (tertiary/aromatic N) is 3. The quantitative estimate of drug-likeness (QED) is 0.167. The summed E-state index contributed by atoms with van der Waals surface area (Å²) in [5.41, 5.74) is 19.3. The molecule has 2 heterocycles. The number of fused-ring (bicyclic) bond motifs is 14. The van der Waals surface area contributed by atoms with Crippen molar-refractivity contribution in [3.8, 4) is 67.3 Å². The third-order valence-electron chi connectivity index (χ3n) is 13.1. The Morgan fingerprint density at radius 2 is 0.721 bits per heavy atom. The van der Waals surface area contributed by atoms with Gasteiger partial charge in [0.25, 0.3) is 0 Å². The first-order chi connectivity index (χ1) is 30.2. The lowest BCUT2D eigenvalue weighted by molar-refractivity contribution is 0.795. The van der Waals surface area contributed by atoms with Crippen molar-refractivity contribution in [2.24, 2.45) is 0 Å². The second-order valence-corrected chi connectivity index (χ2v) is 16.2. The van der Waals surface area contributed by atoms with E-state index in [-0.39, 0.29) is 0 Å². The van der Waals surface area contributed by atoms with Crippen LogP contribution >= 0.6 is 0 Å². The summed E-state index contributed by atoms with van der Waals surface area (Å²) in [5.74, 6) is 0.695. The SMILES string of the molecule is c1ccc(-c2ccc(-c3nc(-c4ccc(-c5nc6ccccc6c6cc7c(cc56)-c5ccccc5C75c6ccccc6-c6ccccc65)cc4)nc4ccccc34)cc2)cc1. The van der Waals surface area contributed by atoms with Gasteiger partial charge in [-0.3, -0.25) is 0 Å². The molecule has 0 bridgehead atoms. The first kappa shape index (κ1) is 33.9. The molecule has 0 atom stereocenters. The van der Waals surface area contributed by atoms with Crippen LogP contribution in [0, 0.1) is 0 Å². The number of rotatable bonds is 4. The number of pyridine rings is 1. The lowest BCUT2D eigenvalue weighted by Crippen LogP contribution is -2.25. The van der Waals surface area contributed by atoms with Crippen molar-refractivity contribution in [2.75, 3.05) is 0 Å². The summed E-state index contributed by atoms with van der Waals surface area (Å²) >= 11 is 0. The predicted molar refractivity (Wildman–Crippen MR) is 250 cm³/mol. The largest absolute Gasteiger partial charge is 0.247 e. The van der Waals surface area contributed by atoms with Crippen LogP contribution in [0.1, 0.15) is 22.3 Å². The van der Waals surface area contributed by atoms with Gasteiger partial charge in [-0.05, 0) is 85.3 Å². The number of aromatic nitrogens is 3. The van der Waals surface area contributed by atoms with Gasteiger partial charge in [-0.1, -0.05) is 188 Å². The van der Waals surface area contributed by atoms with Crippen LogP contribution in [-0.2, 0) is 5.41 Å². The Labute approximate surface area is 353 Å². The van der Waals surface area contributed by atoms with Crippen molar-refractivity contribution in [2.45, 2.75) is 5.41 Å². The number of hydrogen-bond acceptors (Lipinski definition) is 3. The van der Waals surface area contributed by atoms with Gasteiger partial charge in [-0.2, -0.15) is 0 Å². The fourth-order valence-corrected chi connectivity index (χ4v) is 10.4. The molecule has 9 aromatic carbocycles. The highest BCUT2D eigenvalue weighted by Gasteiger charge is 2.51. The molecule has 0 amide bonds. The number of benzene rings is 9. The highest BCUT2D eigenvalue weighted by molar-refractivity contribution is 6.14. The van der Waals surface area contributed by atoms with Crippen LogP contribution in [-0.4, -0.2) is 15.0 Å². The van der Waals surface area contributed by atoms with Gasteiger partial charge in [0, 0.05) is 32.8 Å². The molecule has 1 spiro atoms. The monoisotopic (exact) mass is 773 g/mol. The summed E-state index contributed by atoms with van der Waals surface area (Å²) in [6.07, 6.45) is 0. The molecule has 282 valence electrons. The van der Waals surface area contributed by atoms with Crippen LogP contribution in [0.4, 0.5) is 0 Å². The summed E-state index contributed by atoms with van der Waals surface area (Å²) in [7, 11) is 0. The molecule has 0 saturated heterocycles. The van der Waals surface area contributed by atoms with E-state index < -0.39 is 5.41 Å². The van der Waals surface area contributed by atoms with Gasteiger partial charge in [0.1, 0.15) is 0 Å². The van der Waals surface area contributed by atoms with Crippen molar-refractivity contribution in [1.82, 2.24) is 15.0 Å². The van der Waals surface area contributed by atoms with Crippen molar-refractivity contribution < 1.29 is 0 Å². The molecule has 0 radical (unpaired) electrons. The molecule has 0 unspecified atom stereocenters. The molecule has 11 aromatic rings. The summed E-state index contributed by atoms with van der Waals surface area (Å²) in [6.45, 7) is 0. The smallest absolute Gasteiger partial charge is 0.160 e. The maximum Gasteiger partial charge on any atom is 0.160 e. The molecule has 3 nitrogen and oxygen atoms in total. The highest BCUT2D eigenvalue weighted by atomic mass is 14.9. The Morgan fingerprint density at radius 3 is 1.36 bits per heavy atom. The van der Waals surface area contributed by atoms with Crippen molar-refractivity contribution in [3.05, 3.63) is 235 Å². The van der Waals surface area contributed by atoms with E-state index >= 15 is 0 Å². The van der Waals surface area contributed by atoms with Crippen LogP contribution in [0.5, 0.6) is 0 Å². The van der Waals surface area contributed by atoms with E-state index in [1.807, 2.05) is 12.1 Å². The van der Waals surface area contributed by atoms with Crippen LogP contribution in [0.25, 0.3) is 99.9 Å². The van der Waals surface area contributed by atoms with Crippen molar-refractivity contribution in [3.63, 3.8) is 0 Å². The van der Waals surface area contributed by atoms with E-state index in [1.165, 1.54) is 61.0 Å². The Bertz CT molecular complexity index is 3530. The van der Waals surface area contributed by atoms with Gasteiger partial charge < -0.3 is 0 Å². The lowest BCUT2D eigenvalue weighted by Gasteiger charge is -2.30. The first-order valence-electron chi connectivity index (χ1n) is 20.9. The third-order valence-corrected chi connectivity index (χ3v) is 13.1. The van der Waals surface area contributed by atoms with E-state index in [4.69, 9.17) is 15.0 Å². The van der Waals surface area contributed by atoms with Crippen molar-refractivity contribution >= 4 is 32.6 Å². The molecule has 0 N–H and O–H groups in total. The summed E-state index contributed by atoms with van der Waals surface area (Å²) in [5, 5.41) is 4.53. The molecule has 2 aliphatic rings. The third kappa shape index (κ3) is 4.89. The maximum atomic E-state index is 5.41. The summed E-state index contributed by atoms with van der Waals surface area (Å²) in [4.78, 5) is 15.7. The normalized spacial score (nSPS) is 13.0. The van der Waals surface area contributed by atoms with Gasteiger partial charge in [0.15, 0.2) is 5.82 Å². The zero-order valence-electron chi connectivity index (χ0n) is 33.0. The molecular formula is C58H35N3. The topological polar surface area (TPSA) is 38.7 Å².